The smallest absolute Gasteiger partial charge is 0.462 e. The van der Waals surface area contributed by atoms with Crippen molar-refractivity contribution in [2.75, 3.05) is 39.6 Å². The van der Waals surface area contributed by atoms with E-state index in [1.54, 1.807) is 0 Å². The third-order valence-electron chi connectivity index (χ3n) is 15.5. The number of ether oxygens (including phenoxy) is 4. The molecule has 0 aliphatic heterocycles. The van der Waals surface area contributed by atoms with Crippen LogP contribution in [-0.4, -0.2) is 96.7 Å². The summed E-state index contributed by atoms with van der Waals surface area (Å²) in [4.78, 5) is 73.0. The summed E-state index contributed by atoms with van der Waals surface area (Å²) in [6, 6.07) is 0. The molecule has 0 aliphatic carbocycles. The summed E-state index contributed by atoms with van der Waals surface area (Å²) >= 11 is 0. The van der Waals surface area contributed by atoms with Crippen molar-refractivity contribution in [3.05, 3.63) is 194 Å². The third kappa shape index (κ3) is 76.1. The molecule has 0 fully saturated rings. The van der Waals surface area contributed by atoms with Crippen molar-refractivity contribution in [1.29, 1.82) is 0 Å². The molecule has 0 radical (unpaired) electrons. The molecule has 0 amide bonds. The van der Waals surface area contributed by atoms with Crippen molar-refractivity contribution in [2.24, 2.45) is 0 Å². The van der Waals surface area contributed by atoms with Gasteiger partial charge in [0, 0.05) is 25.7 Å². The molecule has 5 atom stereocenters. The lowest BCUT2D eigenvalue weighted by atomic mass is 10.1. The number of rotatable bonds is 72. The van der Waals surface area contributed by atoms with Crippen LogP contribution in [0.3, 0.4) is 0 Å². The summed E-state index contributed by atoms with van der Waals surface area (Å²) in [7, 11) is -10.0. The number of aliphatic hydroxyl groups is 1. The van der Waals surface area contributed by atoms with Crippen LogP contribution in [-0.2, 0) is 65.4 Å². The van der Waals surface area contributed by atoms with E-state index in [9.17, 15) is 43.2 Å². The zero-order valence-corrected chi connectivity index (χ0v) is 67.1. The van der Waals surface area contributed by atoms with Crippen LogP contribution in [0.2, 0.25) is 0 Å². The lowest BCUT2D eigenvalue weighted by Crippen LogP contribution is -2.30. The maximum absolute atomic E-state index is 13.1. The topological polar surface area (TPSA) is 237 Å². The Labute approximate surface area is 640 Å². The molecule has 0 rings (SSSR count). The predicted molar refractivity (Wildman–Crippen MR) is 436 cm³/mol. The van der Waals surface area contributed by atoms with Gasteiger partial charge in [-0.15, -0.1) is 0 Å². The van der Waals surface area contributed by atoms with Crippen molar-refractivity contribution in [1.82, 2.24) is 0 Å². The van der Waals surface area contributed by atoms with Crippen LogP contribution >= 0.6 is 15.6 Å². The molecule has 0 aliphatic rings. The minimum atomic E-state index is -5.01. The second-order valence-corrected chi connectivity index (χ2v) is 28.4. The quantitative estimate of drug-likeness (QED) is 0.0169. The highest BCUT2D eigenvalue weighted by atomic mass is 31.2. The van der Waals surface area contributed by atoms with Crippen molar-refractivity contribution < 1.29 is 80.2 Å². The molecule has 598 valence electrons. The van der Waals surface area contributed by atoms with Crippen LogP contribution in [0.15, 0.2) is 194 Å². The van der Waals surface area contributed by atoms with E-state index in [4.69, 9.17) is 37.0 Å². The van der Waals surface area contributed by atoms with Gasteiger partial charge in [0.25, 0.3) is 0 Å². The Bertz CT molecular complexity index is 2780. The van der Waals surface area contributed by atoms with Gasteiger partial charge >= 0.3 is 39.5 Å². The number of phosphoric ester groups is 2. The van der Waals surface area contributed by atoms with Gasteiger partial charge in [-0.3, -0.25) is 37.3 Å². The largest absolute Gasteiger partial charge is 0.472 e. The third-order valence-corrected chi connectivity index (χ3v) is 17.4. The molecule has 0 aromatic carbocycles. The summed E-state index contributed by atoms with van der Waals surface area (Å²) in [6.45, 7) is 4.29. The highest BCUT2D eigenvalue weighted by Crippen LogP contribution is 2.45. The first-order valence-corrected chi connectivity index (χ1v) is 42.7. The number of hydrogen-bond acceptors (Lipinski definition) is 15. The van der Waals surface area contributed by atoms with Crippen LogP contribution in [0, 0.1) is 0 Å². The number of esters is 4. The molecule has 0 spiro atoms. The molecule has 0 heterocycles. The Balaban J connectivity index is 5.52. The SMILES string of the molecule is CC/C=C\C/C=C\C/C=C\C/C=C\C/C=C\C/C=C\CCC(=O)OCC(COP(=O)(O)OCC(O)COP(=O)(O)OCC(COC(=O)CCC/C=C\C/C=C\C/C=C\C/C=C\C/C=C\CC)OC(=O)CCCCCCC/C=C\C/C=C\C/C=C\CC)OC(=O)CCCCCCC/C=C\C/C=C\CCCCC. The second-order valence-electron chi connectivity index (χ2n) is 25.5. The molecule has 0 saturated heterocycles. The van der Waals surface area contributed by atoms with Crippen LogP contribution in [0.5, 0.6) is 0 Å². The molecule has 0 aromatic heterocycles. The number of phosphoric acid groups is 2. The number of allylic oxidation sites excluding steroid dienone is 32. The lowest BCUT2D eigenvalue weighted by molar-refractivity contribution is -0.161. The van der Waals surface area contributed by atoms with Gasteiger partial charge < -0.3 is 33.8 Å². The molecule has 106 heavy (non-hydrogen) atoms. The van der Waals surface area contributed by atoms with E-state index < -0.39 is 97.5 Å². The molecular weight excluding hydrogens is 1380 g/mol. The first-order valence-electron chi connectivity index (χ1n) is 39.7. The summed E-state index contributed by atoms with van der Waals surface area (Å²) in [6.07, 6.45) is 94.3. The zero-order chi connectivity index (χ0) is 77.4. The zero-order valence-electron chi connectivity index (χ0n) is 65.3. The fourth-order valence-electron chi connectivity index (χ4n) is 9.62. The van der Waals surface area contributed by atoms with E-state index in [1.807, 2.05) is 30.4 Å². The van der Waals surface area contributed by atoms with Gasteiger partial charge in [-0.2, -0.15) is 0 Å². The maximum atomic E-state index is 13.1. The van der Waals surface area contributed by atoms with Crippen molar-refractivity contribution >= 4 is 39.5 Å². The first kappa shape index (κ1) is 99.9. The van der Waals surface area contributed by atoms with Gasteiger partial charge in [-0.25, -0.2) is 9.13 Å². The molecule has 0 bridgehead atoms. The van der Waals surface area contributed by atoms with Crippen molar-refractivity contribution in [3.63, 3.8) is 0 Å². The Morgan fingerprint density at radius 2 is 0.519 bits per heavy atom. The van der Waals surface area contributed by atoms with E-state index in [1.165, 1.54) is 19.3 Å². The Hall–Kier alpha value is -6.10. The van der Waals surface area contributed by atoms with Gasteiger partial charge in [0.2, 0.25) is 0 Å². The lowest BCUT2D eigenvalue weighted by Gasteiger charge is -2.21. The average Bonchev–Trinajstić information content (AvgIpc) is 0.909. The molecule has 17 nitrogen and oxygen atoms in total. The van der Waals surface area contributed by atoms with E-state index >= 15 is 0 Å². The minimum absolute atomic E-state index is 0.0245. The van der Waals surface area contributed by atoms with Crippen LogP contribution in [0.4, 0.5) is 0 Å². The molecule has 5 unspecified atom stereocenters. The predicted octanol–water partition coefficient (Wildman–Crippen LogP) is 23.3. The monoisotopic (exact) mass is 1520 g/mol. The fourth-order valence-corrected chi connectivity index (χ4v) is 11.2. The molecule has 3 N–H and O–H groups in total. The summed E-state index contributed by atoms with van der Waals surface area (Å²) in [5.41, 5.74) is 0. The molecular formula is C87H138O17P2. The number of aliphatic hydroxyl groups excluding tert-OH is 1. The van der Waals surface area contributed by atoms with Gasteiger partial charge in [-0.1, -0.05) is 273 Å². The Morgan fingerprint density at radius 1 is 0.274 bits per heavy atom. The highest BCUT2D eigenvalue weighted by Gasteiger charge is 2.30. The van der Waals surface area contributed by atoms with Gasteiger partial charge in [0.1, 0.15) is 19.3 Å². The van der Waals surface area contributed by atoms with Gasteiger partial charge in [0.05, 0.1) is 26.4 Å². The number of carbonyl (C=O) groups is 4. The molecule has 19 heteroatoms. The number of hydrogen-bond donors (Lipinski definition) is 3. The van der Waals surface area contributed by atoms with E-state index in [-0.39, 0.29) is 25.7 Å². The van der Waals surface area contributed by atoms with Crippen molar-refractivity contribution in [3.8, 4) is 0 Å². The number of carbonyl (C=O) groups excluding carboxylic acids is 4. The Morgan fingerprint density at radius 3 is 0.840 bits per heavy atom. The number of unbranched alkanes of at least 4 members (excludes halogenated alkanes) is 14. The summed E-state index contributed by atoms with van der Waals surface area (Å²) in [5, 5.41) is 10.6. The average molecular weight is 1520 g/mol. The summed E-state index contributed by atoms with van der Waals surface area (Å²) < 4.78 is 68.4. The highest BCUT2D eigenvalue weighted by molar-refractivity contribution is 7.47. The fraction of sp³-hybridized carbons (Fsp3) is 0.586. The first-order chi connectivity index (χ1) is 51.7. The molecule has 0 aromatic rings. The van der Waals surface area contributed by atoms with Gasteiger partial charge in [-0.05, 0) is 167 Å². The normalized spacial score (nSPS) is 14.9. The standard InChI is InChI=1S/C87H138O17P2/c1-5-9-13-17-21-25-29-33-37-39-40-42-46-48-52-56-60-64-68-72-85(90)98-78-83(104-87(92)74-70-66-62-58-54-50-44-36-32-28-24-20-16-12-8-4)80-102-106(95,96)100-76-81(88)75-99-105(93,94)101-79-82(103-86(91)73-69-65-61-57-53-49-43-35-31-27-23-19-15-11-7-3)77-97-84(89)71-67-63-59-55-51-47-45-41-38-34-30-26-22-18-14-10-6-2/h9-11,13-15,21-28,33-38,40,42-45,47-48,52,55,59-60,64,81-83,88H,5-8,12,16-20,29-32,39,41,46,49-51,53-54,56-58,61-63,65-80H2,1-4H3,(H,93,94)(H,95,96)/b13-9-,14-10-,15-11-,25-21-,26-22-,27-23-,28-24-,37-33-,38-34-,42-40-,43-35-,44-36-,47-45-,52-48-,59-55-,64-60-. The van der Waals surface area contributed by atoms with Crippen LogP contribution in [0.1, 0.15) is 272 Å². The van der Waals surface area contributed by atoms with Crippen molar-refractivity contribution in [2.45, 2.75) is 290 Å². The van der Waals surface area contributed by atoms with E-state index in [2.05, 4.69) is 192 Å². The Kier molecular flexibility index (Phi) is 72.6. The maximum Gasteiger partial charge on any atom is 0.472 e. The van der Waals surface area contributed by atoms with Crippen LogP contribution in [0.25, 0.3) is 0 Å². The summed E-state index contributed by atoms with van der Waals surface area (Å²) in [5.74, 6) is -2.40. The van der Waals surface area contributed by atoms with E-state index in [0.29, 0.717) is 38.5 Å². The minimum Gasteiger partial charge on any atom is -0.462 e. The van der Waals surface area contributed by atoms with Gasteiger partial charge in [0.15, 0.2) is 12.2 Å². The second kappa shape index (κ2) is 77.1. The molecule has 0 saturated carbocycles. The van der Waals surface area contributed by atoms with Crippen LogP contribution < -0.4 is 0 Å². The van der Waals surface area contributed by atoms with E-state index in [0.717, 1.165) is 161 Å².